The van der Waals surface area contributed by atoms with Crippen LogP contribution in [0.3, 0.4) is 0 Å². The van der Waals surface area contributed by atoms with Gasteiger partial charge in [-0.25, -0.2) is 0 Å². The first-order chi connectivity index (χ1) is 11.6. The van der Waals surface area contributed by atoms with Crippen molar-refractivity contribution in [1.82, 2.24) is 10.1 Å². The van der Waals surface area contributed by atoms with Crippen LogP contribution in [0, 0.1) is 19.8 Å². The van der Waals surface area contributed by atoms with E-state index in [1.807, 2.05) is 43.9 Å². The highest BCUT2D eigenvalue weighted by atomic mass is 16.5. The predicted octanol–water partition coefficient (Wildman–Crippen LogP) is 4.22. The quantitative estimate of drug-likeness (QED) is 0.798. The maximum Gasteiger partial charge on any atom is 0.230 e. The molecule has 1 aromatic heterocycles. The Balaban J connectivity index is 1.79. The van der Waals surface area contributed by atoms with E-state index >= 15 is 0 Å². The van der Waals surface area contributed by atoms with Crippen LogP contribution in [0.25, 0.3) is 0 Å². The van der Waals surface area contributed by atoms with Crippen LogP contribution >= 0.6 is 0 Å². The average molecular weight is 326 g/mol. The Morgan fingerprint density at radius 3 is 2.54 bits per heavy atom. The van der Waals surface area contributed by atoms with Crippen LogP contribution in [0.15, 0.2) is 34.9 Å². The van der Waals surface area contributed by atoms with Crippen LogP contribution in [0.5, 0.6) is 0 Å². The summed E-state index contributed by atoms with van der Waals surface area (Å²) >= 11 is 0. The van der Waals surface area contributed by atoms with Crippen LogP contribution in [0.1, 0.15) is 54.7 Å². The summed E-state index contributed by atoms with van der Waals surface area (Å²) in [5.74, 6) is 1.34. The molecule has 2 aromatic rings. The lowest BCUT2D eigenvalue weighted by Gasteiger charge is -2.34. The van der Waals surface area contributed by atoms with E-state index in [2.05, 4.69) is 17.3 Å². The number of carbonyl (C=O) groups excluding carboxylic acids is 1. The lowest BCUT2D eigenvalue weighted by Crippen LogP contribution is -2.39. The Kier molecular flexibility index (Phi) is 5.03. The normalized spacial score (nSPS) is 15.8. The third kappa shape index (κ3) is 3.53. The molecule has 1 fully saturated rings. The van der Waals surface area contributed by atoms with Gasteiger partial charge in [-0.15, -0.1) is 0 Å². The number of hydrogen-bond donors (Lipinski definition) is 0. The molecule has 1 saturated carbocycles. The predicted molar refractivity (Wildman–Crippen MR) is 93.6 cm³/mol. The zero-order chi connectivity index (χ0) is 17.1. The van der Waals surface area contributed by atoms with Gasteiger partial charge in [-0.05, 0) is 45.1 Å². The van der Waals surface area contributed by atoms with Crippen LogP contribution in [-0.2, 0) is 11.3 Å². The van der Waals surface area contributed by atoms with E-state index in [1.165, 1.54) is 24.8 Å². The van der Waals surface area contributed by atoms with Crippen LogP contribution in [0.4, 0.5) is 0 Å². The molecule has 4 nitrogen and oxygen atoms in total. The molecule has 1 aromatic carbocycles. The van der Waals surface area contributed by atoms with E-state index in [-0.39, 0.29) is 11.8 Å². The van der Waals surface area contributed by atoms with E-state index in [0.717, 1.165) is 23.6 Å². The third-order valence-electron chi connectivity index (χ3n) is 5.12. The van der Waals surface area contributed by atoms with Crippen molar-refractivity contribution in [2.45, 2.75) is 52.5 Å². The Hall–Kier alpha value is -2.10. The second-order valence-corrected chi connectivity index (χ2v) is 6.96. The third-order valence-corrected chi connectivity index (χ3v) is 5.12. The first-order valence-corrected chi connectivity index (χ1v) is 8.81. The van der Waals surface area contributed by atoms with E-state index in [1.54, 1.807) is 0 Å². The molecule has 3 rings (SSSR count). The molecule has 1 heterocycles. The first-order valence-electron chi connectivity index (χ1n) is 8.81. The summed E-state index contributed by atoms with van der Waals surface area (Å²) in [5, 5.41) is 4.01. The lowest BCUT2D eigenvalue weighted by molar-refractivity contribution is -0.134. The Morgan fingerprint density at radius 2 is 2.00 bits per heavy atom. The second kappa shape index (κ2) is 7.20. The first kappa shape index (κ1) is 16.7. The van der Waals surface area contributed by atoms with E-state index in [0.29, 0.717) is 12.5 Å². The Bertz CT molecular complexity index is 669. The van der Waals surface area contributed by atoms with Gasteiger partial charge in [-0.3, -0.25) is 4.79 Å². The minimum absolute atomic E-state index is 0.167. The molecule has 1 amide bonds. The molecule has 24 heavy (non-hydrogen) atoms. The molecule has 0 aliphatic heterocycles. The number of carbonyl (C=O) groups is 1. The Labute approximate surface area is 143 Å². The van der Waals surface area contributed by atoms with Crippen molar-refractivity contribution in [2.75, 3.05) is 6.54 Å². The second-order valence-electron chi connectivity index (χ2n) is 6.96. The van der Waals surface area contributed by atoms with Gasteiger partial charge in [0.25, 0.3) is 0 Å². The molecular weight excluding hydrogens is 300 g/mol. The molecular formula is C20H26N2O2. The maximum absolute atomic E-state index is 13.2. The van der Waals surface area contributed by atoms with Gasteiger partial charge < -0.3 is 9.42 Å². The van der Waals surface area contributed by atoms with Crippen molar-refractivity contribution < 1.29 is 9.32 Å². The summed E-state index contributed by atoms with van der Waals surface area (Å²) in [6.45, 7) is 7.27. The molecule has 4 heteroatoms. The SMILES string of the molecule is Cc1noc(C)c1[C@H](C)C(=O)N(Cc1ccccc1)CC1CCC1. The van der Waals surface area contributed by atoms with Crippen molar-refractivity contribution in [2.24, 2.45) is 5.92 Å². The monoisotopic (exact) mass is 326 g/mol. The molecule has 0 unspecified atom stereocenters. The molecule has 0 bridgehead atoms. The van der Waals surface area contributed by atoms with Crippen LogP contribution in [-0.4, -0.2) is 22.5 Å². The smallest absolute Gasteiger partial charge is 0.230 e. The van der Waals surface area contributed by atoms with Crippen molar-refractivity contribution in [1.29, 1.82) is 0 Å². The van der Waals surface area contributed by atoms with Gasteiger partial charge in [0, 0.05) is 18.7 Å². The van der Waals surface area contributed by atoms with Gasteiger partial charge in [0.2, 0.25) is 5.91 Å². The van der Waals surface area contributed by atoms with Gasteiger partial charge in [0.05, 0.1) is 11.6 Å². The minimum atomic E-state index is -0.222. The zero-order valence-corrected chi connectivity index (χ0v) is 14.8. The molecule has 0 radical (unpaired) electrons. The number of rotatable bonds is 6. The number of aryl methyl sites for hydroxylation is 2. The maximum atomic E-state index is 13.2. The fraction of sp³-hybridized carbons (Fsp3) is 0.500. The standard InChI is InChI=1S/C20H26N2O2/c1-14(19-15(2)21-24-16(19)3)20(23)22(13-18-10-7-11-18)12-17-8-5-4-6-9-17/h4-6,8-9,14,18H,7,10-13H2,1-3H3/t14-/m0/s1. The van der Waals surface area contributed by atoms with Gasteiger partial charge in [0.15, 0.2) is 0 Å². The fourth-order valence-corrected chi connectivity index (χ4v) is 3.53. The zero-order valence-electron chi connectivity index (χ0n) is 14.8. The highest BCUT2D eigenvalue weighted by Gasteiger charge is 2.30. The summed E-state index contributed by atoms with van der Waals surface area (Å²) in [6.07, 6.45) is 3.76. The number of benzene rings is 1. The lowest BCUT2D eigenvalue weighted by atomic mass is 9.84. The van der Waals surface area contributed by atoms with Gasteiger partial charge in [-0.2, -0.15) is 0 Å². The molecule has 128 valence electrons. The number of nitrogens with zero attached hydrogens (tertiary/aromatic N) is 2. The molecule has 1 atom stereocenters. The summed E-state index contributed by atoms with van der Waals surface area (Å²) in [5.41, 5.74) is 2.93. The van der Waals surface area contributed by atoms with Crippen molar-refractivity contribution in [3.8, 4) is 0 Å². The van der Waals surface area contributed by atoms with E-state index < -0.39 is 0 Å². The van der Waals surface area contributed by atoms with Crippen molar-refractivity contribution in [3.63, 3.8) is 0 Å². The van der Waals surface area contributed by atoms with Crippen LogP contribution < -0.4 is 0 Å². The summed E-state index contributed by atoms with van der Waals surface area (Å²) in [7, 11) is 0. The topological polar surface area (TPSA) is 46.3 Å². The van der Waals surface area contributed by atoms with Gasteiger partial charge >= 0.3 is 0 Å². The summed E-state index contributed by atoms with van der Waals surface area (Å²) < 4.78 is 5.26. The number of amides is 1. The van der Waals surface area contributed by atoms with Crippen LogP contribution in [0.2, 0.25) is 0 Å². The van der Waals surface area contributed by atoms with Crippen molar-refractivity contribution in [3.05, 3.63) is 52.9 Å². The Morgan fingerprint density at radius 1 is 1.29 bits per heavy atom. The summed E-state index contributed by atoms with van der Waals surface area (Å²) in [6, 6.07) is 10.2. The van der Waals surface area contributed by atoms with E-state index in [4.69, 9.17) is 4.52 Å². The molecule has 1 aliphatic rings. The fourth-order valence-electron chi connectivity index (χ4n) is 3.53. The van der Waals surface area contributed by atoms with Gasteiger partial charge in [0.1, 0.15) is 5.76 Å². The minimum Gasteiger partial charge on any atom is -0.361 e. The largest absolute Gasteiger partial charge is 0.361 e. The highest BCUT2D eigenvalue weighted by Crippen LogP contribution is 2.30. The summed E-state index contributed by atoms with van der Waals surface area (Å²) in [4.78, 5) is 15.2. The average Bonchev–Trinajstić information content (AvgIpc) is 2.88. The van der Waals surface area contributed by atoms with Gasteiger partial charge in [-0.1, -0.05) is 41.9 Å². The molecule has 0 N–H and O–H groups in total. The highest BCUT2D eigenvalue weighted by molar-refractivity contribution is 5.83. The number of aromatic nitrogens is 1. The molecule has 0 spiro atoms. The van der Waals surface area contributed by atoms with Crippen molar-refractivity contribution >= 4 is 5.91 Å². The molecule has 0 saturated heterocycles. The van der Waals surface area contributed by atoms with E-state index in [9.17, 15) is 4.79 Å². The number of hydrogen-bond acceptors (Lipinski definition) is 3. The molecule has 1 aliphatic carbocycles.